The molecule has 7 nitrogen and oxygen atoms in total. The number of hydrogen-bond donors (Lipinski definition) is 1. The van der Waals surface area contributed by atoms with Crippen LogP contribution in [0.25, 0.3) is 5.69 Å². The Balaban J connectivity index is 1.49. The molecule has 1 N–H and O–H groups in total. The predicted molar refractivity (Wildman–Crippen MR) is 124 cm³/mol. The molecule has 0 spiro atoms. The molecule has 0 aliphatic rings. The first kappa shape index (κ1) is 21.9. The van der Waals surface area contributed by atoms with E-state index in [1.165, 1.54) is 11.8 Å². The normalized spacial score (nSPS) is 11.7. The van der Waals surface area contributed by atoms with E-state index >= 15 is 0 Å². The molecule has 3 aromatic carbocycles. The number of ether oxygens (including phenoxy) is 1. The summed E-state index contributed by atoms with van der Waals surface area (Å²) in [4.78, 5) is 12.9. The zero-order chi connectivity index (χ0) is 22.3. The highest BCUT2D eigenvalue weighted by Gasteiger charge is 2.19. The maximum absolute atomic E-state index is 12.9. The molecule has 0 saturated carbocycles. The van der Waals surface area contributed by atoms with Crippen molar-refractivity contribution in [2.24, 2.45) is 0 Å². The van der Waals surface area contributed by atoms with Crippen LogP contribution in [0.2, 0.25) is 5.02 Å². The van der Waals surface area contributed by atoms with E-state index in [0.717, 1.165) is 11.1 Å². The second kappa shape index (κ2) is 10.3. The number of rotatable bonds is 8. The Morgan fingerprint density at radius 3 is 2.47 bits per heavy atom. The van der Waals surface area contributed by atoms with Crippen LogP contribution in [0.5, 0.6) is 5.75 Å². The fourth-order valence-corrected chi connectivity index (χ4v) is 4.04. The Kier molecular flexibility index (Phi) is 7.03. The number of benzene rings is 3. The van der Waals surface area contributed by atoms with Crippen molar-refractivity contribution in [1.82, 2.24) is 25.5 Å². The summed E-state index contributed by atoms with van der Waals surface area (Å²) < 4.78 is 6.95. The van der Waals surface area contributed by atoms with Gasteiger partial charge in [0.1, 0.15) is 11.4 Å². The molecular weight excluding hydrogens is 446 g/mol. The van der Waals surface area contributed by atoms with Crippen LogP contribution in [0.1, 0.15) is 17.2 Å². The maximum Gasteiger partial charge on any atom is 0.231 e. The highest BCUT2D eigenvalue weighted by atomic mass is 35.5. The summed E-state index contributed by atoms with van der Waals surface area (Å²) in [5, 5.41) is 16.1. The van der Waals surface area contributed by atoms with Gasteiger partial charge in [-0.05, 0) is 45.8 Å². The second-order valence-electron chi connectivity index (χ2n) is 6.80. The minimum Gasteiger partial charge on any atom is -0.494 e. The third-order valence-electron chi connectivity index (χ3n) is 4.73. The van der Waals surface area contributed by atoms with Gasteiger partial charge >= 0.3 is 0 Å². The molecule has 0 aliphatic carbocycles. The van der Waals surface area contributed by atoms with E-state index in [4.69, 9.17) is 16.3 Å². The van der Waals surface area contributed by atoms with Gasteiger partial charge in [-0.1, -0.05) is 78.0 Å². The monoisotopic (exact) mass is 465 g/mol. The average Bonchev–Trinajstić information content (AvgIpc) is 3.31. The first-order valence-corrected chi connectivity index (χ1v) is 11.2. The molecule has 0 radical (unpaired) electrons. The maximum atomic E-state index is 12.9. The lowest BCUT2D eigenvalue weighted by Gasteiger charge is -2.20. The van der Waals surface area contributed by atoms with Gasteiger partial charge in [0.15, 0.2) is 0 Å². The second-order valence-corrected chi connectivity index (χ2v) is 8.18. The van der Waals surface area contributed by atoms with Gasteiger partial charge in [-0.3, -0.25) is 4.79 Å². The molecule has 1 aromatic heterocycles. The zero-order valence-corrected chi connectivity index (χ0v) is 18.8. The molecule has 0 aliphatic heterocycles. The smallest absolute Gasteiger partial charge is 0.231 e. The number of aromatic nitrogens is 4. The van der Waals surface area contributed by atoms with Crippen LogP contribution < -0.4 is 10.1 Å². The van der Waals surface area contributed by atoms with E-state index < -0.39 is 0 Å². The molecule has 1 unspecified atom stereocenters. The molecule has 4 rings (SSSR count). The van der Waals surface area contributed by atoms with Gasteiger partial charge < -0.3 is 10.1 Å². The third-order valence-corrected chi connectivity index (χ3v) is 5.90. The zero-order valence-electron chi connectivity index (χ0n) is 17.2. The van der Waals surface area contributed by atoms with Gasteiger partial charge in [0.05, 0.1) is 18.9 Å². The van der Waals surface area contributed by atoms with Crippen LogP contribution >= 0.6 is 23.4 Å². The fourth-order valence-electron chi connectivity index (χ4n) is 3.22. The number of para-hydroxylation sites is 2. The molecule has 1 heterocycles. The summed E-state index contributed by atoms with van der Waals surface area (Å²) in [6.45, 7) is 0. The number of nitrogens with zero attached hydrogens (tertiary/aromatic N) is 4. The van der Waals surface area contributed by atoms with Gasteiger partial charge in [-0.25, -0.2) is 0 Å². The van der Waals surface area contributed by atoms with Gasteiger partial charge in [0, 0.05) is 5.02 Å². The van der Waals surface area contributed by atoms with Crippen LogP contribution in [0.15, 0.2) is 84.0 Å². The van der Waals surface area contributed by atoms with Crippen molar-refractivity contribution < 1.29 is 9.53 Å². The van der Waals surface area contributed by atoms with E-state index in [0.29, 0.717) is 21.6 Å². The summed E-state index contributed by atoms with van der Waals surface area (Å²) in [6.07, 6.45) is 0. The molecule has 162 valence electrons. The predicted octanol–water partition coefficient (Wildman–Crippen LogP) is 4.32. The molecule has 0 saturated heterocycles. The molecule has 1 atom stereocenters. The molecule has 9 heteroatoms. The van der Waals surface area contributed by atoms with Crippen molar-refractivity contribution in [2.75, 3.05) is 12.9 Å². The van der Waals surface area contributed by atoms with Crippen molar-refractivity contribution in [1.29, 1.82) is 0 Å². The van der Waals surface area contributed by atoms with E-state index in [1.807, 2.05) is 78.9 Å². The van der Waals surface area contributed by atoms with Crippen LogP contribution in [0, 0.1) is 0 Å². The number of nitrogens with one attached hydrogen (secondary N) is 1. The highest BCUT2D eigenvalue weighted by molar-refractivity contribution is 7.99. The van der Waals surface area contributed by atoms with Crippen molar-refractivity contribution in [3.63, 3.8) is 0 Å². The lowest BCUT2D eigenvalue weighted by atomic mass is 9.99. The van der Waals surface area contributed by atoms with E-state index in [1.54, 1.807) is 11.8 Å². The summed E-state index contributed by atoms with van der Waals surface area (Å²) in [7, 11) is 1.59. The largest absolute Gasteiger partial charge is 0.494 e. The lowest BCUT2D eigenvalue weighted by molar-refractivity contribution is -0.119. The Labute approximate surface area is 194 Å². The number of amides is 1. The Morgan fingerprint density at radius 1 is 1.03 bits per heavy atom. The van der Waals surface area contributed by atoms with E-state index in [2.05, 4.69) is 20.8 Å². The standard InChI is InChI=1S/C23H20ClN5O2S/c1-31-20-10-6-5-9-19(20)29-23(26-27-28-29)32-15-21(30)25-22(16-7-3-2-4-8-16)17-11-13-18(24)14-12-17/h2-14,22H,15H2,1H3,(H,25,30). The minimum absolute atomic E-state index is 0.145. The van der Waals surface area contributed by atoms with E-state index in [9.17, 15) is 4.79 Å². The molecule has 0 fully saturated rings. The molecule has 32 heavy (non-hydrogen) atoms. The third kappa shape index (κ3) is 5.09. The Hall–Kier alpha value is -3.36. The van der Waals surface area contributed by atoms with Crippen molar-refractivity contribution in [3.8, 4) is 11.4 Å². The van der Waals surface area contributed by atoms with Crippen molar-refractivity contribution >= 4 is 29.3 Å². The number of tetrazole rings is 1. The molecular formula is C23H20ClN5O2S. The molecule has 4 aromatic rings. The molecule has 1 amide bonds. The van der Waals surface area contributed by atoms with Gasteiger partial charge in [0.25, 0.3) is 0 Å². The first-order chi connectivity index (χ1) is 15.7. The Bertz CT molecular complexity index is 1180. The molecule has 0 bridgehead atoms. The number of carbonyl (C=O) groups excluding carboxylic acids is 1. The van der Waals surface area contributed by atoms with Crippen molar-refractivity contribution in [2.45, 2.75) is 11.2 Å². The quantitative estimate of drug-likeness (QED) is 0.390. The number of thioether (sulfide) groups is 1. The SMILES string of the molecule is COc1ccccc1-n1nnnc1SCC(=O)NC(c1ccccc1)c1ccc(Cl)cc1. The lowest BCUT2D eigenvalue weighted by Crippen LogP contribution is -2.30. The van der Waals surface area contributed by atoms with Gasteiger partial charge in [0.2, 0.25) is 11.1 Å². The number of methoxy groups -OCH3 is 1. The Morgan fingerprint density at radius 2 is 1.72 bits per heavy atom. The fraction of sp³-hybridized carbons (Fsp3) is 0.130. The summed E-state index contributed by atoms with van der Waals surface area (Å²) in [5.74, 6) is 0.637. The first-order valence-electron chi connectivity index (χ1n) is 9.80. The summed E-state index contributed by atoms with van der Waals surface area (Å²) in [6, 6.07) is 24.4. The highest BCUT2D eigenvalue weighted by Crippen LogP contribution is 2.27. The van der Waals surface area contributed by atoms with Crippen LogP contribution in [0.3, 0.4) is 0 Å². The number of carbonyl (C=O) groups is 1. The number of halogens is 1. The number of hydrogen-bond acceptors (Lipinski definition) is 6. The van der Waals surface area contributed by atoms with Crippen LogP contribution in [0.4, 0.5) is 0 Å². The van der Waals surface area contributed by atoms with Gasteiger partial charge in [-0.15, -0.1) is 5.10 Å². The summed E-state index contributed by atoms with van der Waals surface area (Å²) in [5.41, 5.74) is 2.62. The summed E-state index contributed by atoms with van der Waals surface area (Å²) >= 11 is 7.29. The van der Waals surface area contributed by atoms with Crippen molar-refractivity contribution in [3.05, 3.63) is 95.0 Å². The van der Waals surface area contributed by atoms with Crippen LogP contribution in [-0.2, 0) is 4.79 Å². The van der Waals surface area contributed by atoms with E-state index in [-0.39, 0.29) is 17.7 Å². The van der Waals surface area contributed by atoms with Crippen LogP contribution in [-0.4, -0.2) is 39.0 Å². The minimum atomic E-state index is -0.299. The topological polar surface area (TPSA) is 81.9 Å². The van der Waals surface area contributed by atoms with Gasteiger partial charge in [-0.2, -0.15) is 4.68 Å². The average molecular weight is 466 g/mol.